The van der Waals surface area contributed by atoms with Crippen LogP contribution in [0.2, 0.25) is 0 Å². The van der Waals surface area contributed by atoms with E-state index in [4.69, 9.17) is 4.42 Å². The van der Waals surface area contributed by atoms with Crippen LogP contribution in [0.25, 0.3) is 0 Å². The third-order valence-corrected chi connectivity index (χ3v) is 3.22. The van der Waals surface area contributed by atoms with Gasteiger partial charge in [-0.3, -0.25) is 4.79 Å². The molecule has 1 aromatic heterocycles. The van der Waals surface area contributed by atoms with Crippen LogP contribution in [-0.2, 0) is 16.5 Å². The van der Waals surface area contributed by atoms with Crippen LogP contribution in [0.3, 0.4) is 0 Å². The Morgan fingerprint density at radius 1 is 1.22 bits per heavy atom. The smallest absolute Gasteiger partial charge is 0.224 e. The van der Waals surface area contributed by atoms with Crippen molar-refractivity contribution in [2.24, 2.45) is 0 Å². The number of rotatable bonds is 5. The van der Waals surface area contributed by atoms with Crippen molar-refractivity contribution < 1.29 is 9.21 Å². The molecule has 0 saturated heterocycles. The number of furan rings is 1. The first-order chi connectivity index (χ1) is 8.78. The van der Waals surface area contributed by atoms with E-state index in [9.17, 15) is 4.79 Å². The maximum Gasteiger partial charge on any atom is 0.224 e. The summed E-state index contributed by atoms with van der Waals surface area (Å²) >= 11 is 3.38. The molecular formula is C14H14BrNO2. The summed E-state index contributed by atoms with van der Waals surface area (Å²) in [6.07, 6.45) is 2.66. The number of aryl methyl sites for hydroxylation is 1. The quantitative estimate of drug-likeness (QED) is 0.855. The first-order valence-electron chi connectivity index (χ1n) is 5.75. The Hall–Kier alpha value is -1.55. The number of hydrogen-bond acceptors (Lipinski definition) is 2. The van der Waals surface area contributed by atoms with Crippen molar-refractivity contribution >= 4 is 27.5 Å². The van der Waals surface area contributed by atoms with E-state index in [1.807, 2.05) is 36.4 Å². The minimum absolute atomic E-state index is 0.00186. The lowest BCUT2D eigenvalue weighted by atomic mass is 10.2. The average Bonchev–Trinajstić information content (AvgIpc) is 2.90. The Labute approximate surface area is 114 Å². The number of benzene rings is 1. The van der Waals surface area contributed by atoms with Gasteiger partial charge in [0, 0.05) is 23.9 Å². The van der Waals surface area contributed by atoms with Crippen molar-refractivity contribution in [3.8, 4) is 0 Å². The number of hydrogen-bond donors (Lipinski definition) is 1. The standard InChI is InChI=1S/C14H14BrNO2/c15-10-11-3-5-12(6-4-11)16-14(17)8-7-13-2-1-9-18-13/h1-6,9H,7-8,10H2,(H,16,17). The Bertz CT molecular complexity index is 491. The van der Waals surface area contributed by atoms with Crippen molar-refractivity contribution in [1.29, 1.82) is 0 Å². The van der Waals surface area contributed by atoms with Crippen molar-refractivity contribution in [2.75, 3.05) is 5.32 Å². The Kier molecular flexibility index (Phi) is 4.59. The number of alkyl halides is 1. The highest BCUT2D eigenvalue weighted by atomic mass is 79.9. The summed E-state index contributed by atoms with van der Waals surface area (Å²) in [6, 6.07) is 11.5. The molecule has 4 heteroatoms. The molecule has 2 rings (SSSR count). The number of nitrogens with one attached hydrogen (secondary N) is 1. The van der Waals surface area contributed by atoms with Gasteiger partial charge in [-0.05, 0) is 29.8 Å². The largest absolute Gasteiger partial charge is 0.469 e. The number of carbonyl (C=O) groups excluding carboxylic acids is 1. The van der Waals surface area contributed by atoms with Gasteiger partial charge in [0.05, 0.1) is 6.26 Å². The van der Waals surface area contributed by atoms with E-state index in [1.54, 1.807) is 6.26 Å². The predicted molar refractivity (Wildman–Crippen MR) is 74.7 cm³/mol. The molecule has 1 heterocycles. The minimum Gasteiger partial charge on any atom is -0.469 e. The van der Waals surface area contributed by atoms with Crippen LogP contribution >= 0.6 is 15.9 Å². The maximum absolute atomic E-state index is 11.7. The first-order valence-corrected chi connectivity index (χ1v) is 6.87. The number of anilines is 1. The maximum atomic E-state index is 11.7. The molecule has 0 spiro atoms. The van der Waals surface area contributed by atoms with Gasteiger partial charge in [0.2, 0.25) is 5.91 Å². The molecule has 0 saturated carbocycles. The molecular weight excluding hydrogens is 294 g/mol. The second-order valence-corrected chi connectivity index (χ2v) is 4.52. The zero-order valence-corrected chi connectivity index (χ0v) is 11.4. The second-order valence-electron chi connectivity index (χ2n) is 3.96. The van der Waals surface area contributed by atoms with Crippen molar-refractivity contribution in [1.82, 2.24) is 0 Å². The molecule has 1 aromatic carbocycles. The molecule has 2 aromatic rings. The first kappa shape index (κ1) is 12.9. The lowest BCUT2D eigenvalue weighted by molar-refractivity contribution is -0.116. The molecule has 0 bridgehead atoms. The topological polar surface area (TPSA) is 42.2 Å². The zero-order chi connectivity index (χ0) is 12.8. The van der Waals surface area contributed by atoms with E-state index in [-0.39, 0.29) is 5.91 Å². The van der Waals surface area contributed by atoms with Crippen LogP contribution in [-0.4, -0.2) is 5.91 Å². The third-order valence-electron chi connectivity index (χ3n) is 2.57. The van der Waals surface area contributed by atoms with Crippen LogP contribution in [0.4, 0.5) is 5.69 Å². The monoisotopic (exact) mass is 307 g/mol. The molecule has 18 heavy (non-hydrogen) atoms. The van der Waals surface area contributed by atoms with Gasteiger partial charge in [0.1, 0.15) is 5.76 Å². The van der Waals surface area contributed by atoms with E-state index in [1.165, 1.54) is 5.56 Å². The SMILES string of the molecule is O=C(CCc1ccco1)Nc1ccc(CBr)cc1. The molecule has 0 aliphatic rings. The lowest BCUT2D eigenvalue weighted by Gasteiger charge is -2.05. The van der Waals surface area contributed by atoms with Crippen LogP contribution in [0.1, 0.15) is 17.7 Å². The molecule has 0 atom stereocenters. The van der Waals surface area contributed by atoms with E-state index < -0.39 is 0 Å². The lowest BCUT2D eigenvalue weighted by Crippen LogP contribution is -2.12. The third kappa shape index (κ3) is 3.74. The number of halogens is 1. The average molecular weight is 308 g/mol. The molecule has 1 amide bonds. The summed E-state index contributed by atoms with van der Waals surface area (Å²) in [5, 5.41) is 3.68. The normalized spacial score (nSPS) is 10.3. The molecule has 3 nitrogen and oxygen atoms in total. The molecule has 94 valence electrons. The number of carbonyl (C=O) groups is 1. The highest BCUT2D eigenvalue weighted by Crippen LogP contribution is 2.12. The Morgan fingerprint density at radius 3 is 2.61 bits per heavy atom. The fourth-order valence-corrected chi connectivity index (χ4v) is 1.97. The minimum atomic E-state index is -0.00186. The van der Waals surface area contributed by atoms with E-state index in [0.717, 1.165) is 16.8 Å². The summed E-state index contributed by atoms with van der Waals surface area (Å²) in [4.78, 5) is 11.7. The summed E-state index contributed by atoms with van der Waals surface area (Å²) in [6.45, 7) is 0. The van der Waals surface area contributed by atoms with Crippen molar-refractivity contribution in [3.05, 3.63) is 54.0 Å². The van der Waals surface area contributed by atoms with E-state index in [2.05, 4.69) is 21.2 Å². The van der Waals surface area contributed by atoms with E-state index >= 15 is 0 Å². The van der Waals surface area contributed by atoms with Crippen LogP contribution in [0, 0.1) is 0 Å². The fourth-order valence-electron chi connectivity index (χ4n) is 1.59. The van der Waals surface area contributed by atoms with Crippen LogP contribution in [0.5, 0.6) is 0 Å². The molecule has 0 aliphatic carbocycles. The summed E-state index contributed by atoms with van der Waals surface area (Å²) in [7, 11) is 0. The van der Waals surface area contributed by atoms with Gasteiger partial charge in [-0.15, -0.1) is 0 Å². The van der Waals surface area contributed by atoms with Crippen LogP contribution in [0.15, 0.2) is 47.1 Å². The van der Waals surface area contributed by atoms with Crippen molar-refractivity contribution in [3.63, 3.8) is 0 Å². The van der Waals surface area contributed by atoms with Gasteiger partial charge < -0.3 is 9.73 Å². The summed E-state index contributed by atoms with van der Waals surface area (Å²) < 4.78 is 5.18. The molecule has 0 fully saturated rings. The molecule has 0 radical (unpaired) electrons. The zero-order valence-electron chi connectivity index (χ0n) is 9.86. The number of amides is 1. The predicted octanol–water partition coefficient (Wildman–Crippen LogP) is 3.75. The van der Waals surface area contributed by atoms with Crippen LogP contribution < -0.4 is 5.32 Å². The Balaban J connectivity index is 1.83. The van der Waals surface area contributed by atoms with Gasteiger partial charge >= 0.3 is 0 Å². The molecule has 1 N–H and O–H groups in total. The Morgan fingerprint density at radius 2 is 2.00 bits per heavy atom. The van der Waals surface area contributed by atoms with E-state index in [0.29, 0.717) is 12.8 Å². The highest BCUT2D eigenvalue weighted by Gasteiger charge is 2.04. The highest BCUT2D eigenvalue weighted by molar-refractivity contribution is 9.08. The van der Waals surface area contributed by atoms with Gasteiger partial charge in [-0.25, -0.2) is 0 Å². The van der Waals surface area contributed by atoms with Crippen molar-refractivity contribution in [2.45, 2.75) is 18.2 Å². The van der Waals surface area contributed by atoms with Gasteiger partial charge in [0.15, 0.2) is 0 Å². The summed E-state index contributed by atoms with van der Waals surface area (Å²) in [5.74, 6) is 0.831. The fraction of sp³-hybridized carbons (Fsp3) is 0.214. The molecule has 0 unspecified atom stereocenters. The van der Waals surface area contributed by atoms with Gasteiger partial charge in [-0.1, -0.05) is 28.1 Å². The van der Waals surface area contributed by atoms with Gasteiger partial charge in [-0.2, -0.15) is 0 Å². The van der Waals surface area contributed by atoms with Gasteiger partial charge in [0.25, 0.3) is 0 Å². The second kappa shape index (κ2) is 6.40. The summed E-state index contributed by atoms with van der Waals surface area (Å²) in [5.41, 5.74) is 2.01. The molecule has 0 aliphatic heterocycles.